The number of thiazole rings is 1. The maximum atomic E-state index is 12.9. The van der Waals surface area contributed by atoms with E-state index >= 15 is 0 Å². The Balaban J connectivity index is 1.31. The van der Waals surface area contributed by atoms with Crippen LogP contribution in [0.25, 0.3) is 16.9 Å². The Morgan fingerprint density at radius 3 is 2.59 bits per heavy atom. The average Bonchev–Trinajstić information content (AvgIpc) is 3.48. The minimum atomic E-state index is -0.263. The highest BCUT2D eigenvalue weighted by atomic mass is 32.1. The summed E-state index contributed by atoms with van der Waals surface area (Å²) >= 11 is 1.48. The third kappa shape index (κ3) is 3.95. The van der Waals surface area contributed by atoms with Gasteiger partial charge >= 0.3 is 0 Å². The second kappa shape index (κ2) is 8.60. The fourth-order valence-corrected chi connectivity index (χ4v) is 3.88. The molecule has 0 N–H and O–H groups in total. The van der Waals surface area contributed by atoms with Crippen LogP contribution in [0.4, 0.5) is 0 Å². The van der Waals surface area contributed by atoms with Gasteiger partial charge in [0.05, 0.1) is 25.0 Å². The van der Waals surface area contributed by atoms with Gasteiger partial charge in [0.1, 0.15) is 29.4 Å². The highest BCUT2D eigenvalue weighted by Gasteiger charge is 2.14. The third-order valence-electron chi connectivity index (χ3n) is 4.78. The molecule has 3 heterocycles. The van der Waals surface area contributed by atoms with Gasteiger partial charge in [0, 0.05) is 5.38 Å². The van der Waals surface area contributed by atoms with E-state index in [0.29, 0.717) is 18.8 Å². The van der Waals surface area contributed by atoms with Crippen LogP contribution in [0.2, 0.25) is 0 Å². The Kier molecular flexibility index (Phi) is 5.34. The lowest BCUT2D eigenvalue weighted by Gasteiger charge is -2.05. The van der Waals surface area contributed by atoms with E-state index in [1.807, 2.05) is 60.0 Å². The fourth-order valence-electron chi connectivity index (χ4n) is 3.18. The quantitative estimate of drug-likeness (QED) is 0.379. The molecule has 0 aliphatic heterocycles. The molecule has 32 heavy (non-hydrogen) atoms. The molecule has 10 heteroatoms. The van der Waals surface area contributed by atoms with Crippen LogP contribution >= 0.6 is 11.3 Å². The van der Waals surface area contributed by atoms with E-state index < -0.39 is 0 Å². The van der Waals surface area contributed by atoms with Crippen LogP contribution in [0.3, 0.4) is 0 Å². The smallest absolute Gasteiger partial charge is 0.283 e. The largest absolute Gasteiger partial charge is 0.497 e. The van der Waals surface area contributed by atoms with Crippen molar-refractivity contribution in [1.29, 1.82) is 0 Å². The average molecular weight is 446 g/mol. The minimum absolute atomic E-state index is 0.217. The lowest BCUT2D eigenvalue weighted by Crippen LogP contribution is -2.21. The summed E-state index contributed by atoms with van der Waals surface area (Å²) < 4.78 is 14.0. The van der Waals surface area contributed by atoms with Gasteiger partial charge in [-0.05, 0) is 36.4 Å². The van der Waals surface area contributed by atoms with E-state index in [4.69, 9.17) is 9.47 Å². The van der Waals surface area contributed by atoms with Crippen LogP contribution in [-0.4, -0.2) is 36.6 Å². The van der Waals surface area contributed by atoms with Gasteiger partial charge in [0.2, 0.25) is 0 Å². The molecule has 0 spiro atoms. The molecule has 0 aliphatic carbocycles. The summed E-state index contributed by atoms with van der Waals surface area (Å²) in [5.74, 6) is 1.50. The van der Waals surface area contributed by atoms with Gasteiger partial charge < -0.3 is 9.47 Å². The normalized spacial score (nSPS) is 11.0. The van der Waals surface area contributed by atoms with Crippen molar-refractivity contribution in [2.75, 3.05) is 7.11 Å². The first-order valence-electron chi connectivity index (χ1n) is 9.77. The number of aromatic nitrogens is 6. The maximum absolute atomic E-state index is 12.9. The highest BCUT2D eigenvalue weighted by Crippen LogP contribution is 2.19. The predicted octanol–water partition coefficient (Wildman–Crippen LogP) is 3.07. The van der Waals surface area contributed by atoms with Crippen molar-refractivity contribution in [1.82, 2.24) is 29.5 Å². The monoisotopic (exact) mass is 446 g/mol. The molecular weight excluding hydrogens is 428 g/mol. The molecule has 0 atom stereocenters. The van der Waals surface area contributed by atoms with Crippen molar-refractivity contribution < 1.29 is 9.47 Å². The zero-order valence-electron chi connectivity index (χ0n) is 17.1. The molecule has 0 unspecified atom stereocenters. The summed E-state index contributed by atoms with van der Waals surface area (Å²) in [7, 11) is 1.62. The van der Waals surface area contributed by atoms with Crippen molar-refractivity contribution in [2.24, 2.45) is 0 Å². The summed E-state index contributed by atoms with van der Waals surface area (Å²) in [6.07, 6.45) is 1.50. The van der Waals surface area contributed by atoms with Crippen molar-refractivity contribution in [2.45, 2.75) is 13.2 Å². The molecule has 160 valence electrons. The summed E-state index contributed by atoms with van der Waals surface area (Å²) in [6.45, 7) is 0.633. The molecule has 2 aromatic carbocycles. The van der Waals surface area contributed by atoms with Gasteiger partial charge in [-0.3, -0.25) is 9.36 Å². The van der Waals surface area contributed by atoms with Gasteiger partial charge in [-0.25, -0.2) is 9.97 Å². The molecule has 0 radical (unpaired) electrons. The topological polar surface area (TPSA) is 96.9 Å². The first kappa shape index (κ1) is 19.9. The Morgan fingerprint density at radius 2 is 1.81 bits per heavy atom. The lowest BCUT2D eigenvalue weighted by atomic mass is 10.3. The summed E-state index contributed by atoms with van der Waals surface area (Å²) in [5, 5.41) is 10.9. The number of hydrogen-bond donors (Lipinski definition) is 0. The number of hydrogen-bond acceptors (Lipinski definition) is 8. The number of ether oxygens (including phenoxy) is 2. The first-order chi connectivity index (χ1) is 15.7. The Hall–Kier alpha value is -4.05. The van der Waals surface area contributed by atoms with E-state index in [1.54, 1.807) is 11.8 Å². The van der Waals surface area contributed by atoms with Gasteiger partial charge in [-0.15, -0.1) is 16.4 Å². The van der Waals surface area contributed by atoms with Gasteiger partial charge in [-0.1, -0.05) is 23.4 Å². The summed E-state index contributed by atoms with van der Waals surface area (Å²) in [4.78, 5) is 21.9. The van der Waals surface area contributed by atoms with Crippen LogP contribution in [-0.2, 0) is 13.2 Å². The fraction of sp³-hybridized carbons (Fsp3) is 0.136. The molecule has 5 aromatic rings. The van der Waals surface area contributed by atoms with Crippen molar-refractivity contribution >= 4 is 22.5 Å². The van der Waals surface area contributed by atoms with Gasteiger partial charge in [0.25, 0.3) is 5.56 Å². The summed E-state index contributed by atoms with van der Waals surface area (Å²) in [6, 6.07) is 16.8. The van der Waals surface area contributed by atoms with Gasteiger partial charge in [0.15, 0.2) is 11.2 Å². The second-order valence-electron chi connectivity index (χ2n) is 6.88. The molecule has 5 rings (SSSR count). The summed E-state index contributed by atoms with van der Waals surface area (Å²) in [5.41, 5.74) is 1.92. The van der Waals surface area contributed by atoms with Crippen molar-refractivity contribution in [3.8, 4) is 17.2 Å². The molecule has 0 amide bonds. The van der Waals surface area contributed by atoms with Gasteiger partial charge in [-0.2, -0.15) is 4.68 Å². The van der Waals surface area contributed by atoms with Crippen LogP contribution < -0.4 is 15.0 Å². The SMILES string of the molecule is COc1ccc(OCc2nc(Cn3cnc4c(nnn4-c4ccccc4)c3=O)cs2)cc1. The molecular formula is C22H18N6O3S. The number of para-hydroxylation sites is 1. The standard InChI is InChI=1S/C22H18N6O3S/c1-30-17-7-9-18(10-8-17)31-12-19-24-15(13-32-19)11-27-14-23-21-20(22(27)29)25-26-28(21)16-5-3-2-4-6-16/h2-10,13-14H,11-12H2,1H3. The molecule has 0 fully saturated rings. The molecule has 0 aliphatic rings. The Morgan fingerprint density at radius 1 is 1.03 bits per heavy atom. The van der Waals surface area contributed by atoms with E-state index in [-0.39, 0.29) is 11.1 Å². The van der Waals surface area contributed by atoms with E-state index in [1.165, 1.54) is 22.2 Å². The second-order valence-corrected chi connectivity index (χ2v) is 7.83. The lowest BCUT2D eigenvalue weighted by molar-refractivity contribution is 0.304. The number of fused-ring (bicyclic) bond motifs is 1. The van der Waals surface area contributed by atoms with Crippen LogP contribution in [0.1, 0.15) is 10.7 Å². The third-order valence-corrected chi connectivity index (χ3v) is 5.65. The molecule has 0 bridgehead atoms. The van der Waals surface area contributed by atoms with Crippen molar-refractivity contribution in [3.05, 3.63) is 87.4 Å². The van der Waals surface area contributed by atoms with Crippen LogP contribution in [0.5, 0.6) is 11.5 Å². The highest BCUT2D eigenvalue weighted by molar-refractivity contribution is 7.09. The Bertz CT molecular complexity index is 1410. The van der Waals surface area contributed by atoms with Crippen LogP contribution in [0, 0.1) is 0 Å². The zero-order valence-corrected chi connectivity index (χ0v) is 17.9. The Labute approximate surface area is 186 Å². The predicted molar refractivity (Wildman–Crippen MR) is 119 cm³/mol. The molecule has 9 nitrogen and oxygen atoms in total. The van der Waals surface area contributed by atoms with E-state index in [0.717, 1.165) is 27.9 Å². The zero-order chi connectivity index (χ0) is 21.9. The maximum Gasteiger partial charge on any atom is 0.283 e. The number of rotatable bonds is 7. The number of nitrogens with zero attached hydrogens (tertiary/aromatic N) is 6. The number of benzene rings is 2. The van der Waals surface area contributed by atoms with E-state index in [2.05, 4.69) is 20.3 Å². The van der Waals surface area contributed by atoms with Crippen molar-refractivity contribution in [3.63, 3.8) is 0 Å². The number of methoxy groups -OCH3 is 1. The van der Waals surface area contributed by atoms with Crippen LogP contribution in [0.15, 0.2) is 71.1 Å². The molecule has 0 saturated heterocycles. The molecule has 0 saturated carbocycles. The molecule has 3 aromatic heterocycles. The van der Waals surface area contributed by atoms with E-state index in [9.17, 15) is 4.79 Å². The first-order valence-corrected chi connectivity index (χ1v) is 10.7. The minimum Gasteiger partial charge on any atom is -0.497 e.